The molecule has 1 saturated heterocycles. The second-order valence-corrected chi connectivity index (χ2v) is 9.80. The molecule has 1 aromatic carbocycles. The SMILES string of the molecule is CC(Sc1ccc2c(c1)CCC2)C(=O)NC1CCS(=O)(=O)C1. The van der Waals surface area contributed by atoms with Gasteiger partial charge in [-0.05, 0) is 55.9 Å². The van der Waals surface area contributed by atoms with Gasteiger partial charge in [-0.2, -0.15) is 0 Å². The molecule has 1 aliphatic heterocycles. The molecule has 0 radical (unpaired) electrons. The maximum Gasteiger partial charge on any atom is 0.233 e. The Morgan fingerprint density at radius 1 is 1.32 bits per heavy atom. The number of nitrogens with one attached hydrogen (secondary N) is 1. The van der Waals surface area contributed by atoms with Gasteiger partial charge in [0.2, 0.25) is 5.91 Å². The number of rotatable bonds is 4. The van der Waals surface area contributed by atoms with Crippen molar-refractivity contribution in [3.63, 3.8) is 0 Å². The van der Waals surface area contributed by atoms with Crippen LogP contribution in [0.4, 0.5) is 0 Å². The van der Waals surface area contributed by atoms with Gasteiger partial charge in [0, 0.05) is 10.9 Å². The van der Waals surface area contributed by atoms with Gasteiger partial charge < -0.3 is 5.32 Å². The van der Waals surface area contributed by atoms with Crippen LogP contribution in [0.1, 0.15) is 30.9 Å². The number of thioether (sulfide) groups is 1. The van der Waals surface area contributed by atoms with E-state index in [1.54, 1.807) is 0 Å². The van der Waals surface area contributed by atoms with E-state index in [1.807, 2.05) is 6.92 Å². The number of aryl methyl sites for hydroxylation is 2. The van der Waals surface area contributed by atoms with Crippen molar-refractivity contribution in [2.75, 3.05) is 11.5 Å². The first-order chi connectivity index (χ1) is 10.4. The molecule has 120 valence electrons. The molecule has 0 saturated carbocycles. The first-order valence-electron chi connectivity index (χ1n) is 7.72. The van der Waals surface area contributed by atoms with Crippen LogP contribution in [0.15, 0.2) is 23.1 Å². The lowest BCUT2D eigenvalue weighted by Gasteiger charge is -2.16. The highest BCUT2D eigenvalue weighted by molar-refractivity contribution is 8.00. The van der Waals surface area contributed by atoms with Gasteiger partial charge in [0.25, 0.3) is 0 Å². The molecule has 0 spiro atoms. The molecular formula is C16H21NO3S2. The molecule has 2 aliphatic rings. The van der Waals surface area contributed by atoms with E-state index in [2.05, 4.69) is 23.5 Å². The molecule has 1 fully saturated rings. The van der Waals surface area contributed by atoms with Crippen LogP contribution in [-0.4, -0.2) is 37.1 Å². The number of carbonyl (C=O) groups is 1. The minimum absolute atomic E-state index is 0.0763. The summed E-state index contributed by atoms with van der Waals surface area (Å²) in [7, 11) is -2.95. The number of benzene rings is 1. The van der Waals surface area contributed by atoms with Crippen LogP contribution in [-0.2, 0) is 27.5 Å². The van der Waals surface area contributed by atoms with Crippen LogP contribution in [0.25, 0.3) is 0 Å². The van der Waals surface area contributed by atoms with Crippen molar-refractivity contribution < 1.29 is 13.2 Å². The van der Waals surface area contributed by atoms with Crippen molar-refractivity contribution in [1.82, 2.24) is 5.32 Å². The number of fused-ring (bicyclic) bond motifs is 1. The Balaban J connectivity index is 1.57. The highest BCUT2D eigenvalue weighted by Crippen LogP contribution is 2.30. The molecule has 1 heterocycles. The van der Waals surface area contributed by atoms with Gasteiger partial charge in [-0.1, -0.05) is 6.07 Å². The van der Waals surface area contributed by atoms with Crippen molar-refractivity contribution >= 4 is 27.5 Å². The van der Waals surface area contributed by atoms with Crippen LogP contribution in [0, 0.1) is 0 Å². The Labute approximate surface area is 136 Å². The summed E-state index contributed by atoms with van der Waals surface area (Å²) in [5.41, 5.74) is 2.83. The van der Waals surface area contributed by atoms with Gasteiger partial charge >= 0.3 is 0 Å². The molecule has 0 aromatic heterocycles. The summed E-state index contributed by atoms with van der Waals surface area (Å²) < 4.78 is 22.9. The summed E-state index contributed by atoms with van der Waals surface area (Å²) >= 11 is 1.54. The van der Waals surface area contributed by atoms with Gasteiger partial charge in [0.15, 0.2) is 9.84 Å². The summed E-state index contributed by atoms with van der Waals surface area (Å²) in [4.78, 5) is 13.3. The van der Waals surface area contributed by atoms with Crippen molar-refractivity contribution in [1.29, 1.82) is 0 Å². The maximum absolute atomic E-state index is 12.2. The van der Waals surface area contributed by atoms with E-state index in [9.17, 15) is 13.2 Å². The van der Waals surface area contributed by atoms with Gasteiger partial charge in [0.1, 0.15) is 0 Å². The fraction of sp³-hybridized carbons (Fsp3) is 0.562. The van der Waals surface area contributed by atoms with Crippen LogP contribution < -0.4 is 5.32 Å². The molecule has 0 bridgehead atoms. The lowest BCUT2D eigenvalue weighted by atomic mass is 10.1. The fourth-order valence-electron chi connectivity index (χ4n) is 3.11. The molecule has 1 N–H and O–H groups in total. The standard InChI is InChI=1S/C16H21NO3S2/c1-11(16(18)17-14-7-8-22(19,20)10-14)21-15-6-5-12-3-2-4-13(12)9-15/h5-6,9,11,14H,2-4,7-8,10H2,1H3,(H,17,18). The van der Waals surface area contributed by atoms with E-state index in [4.69, 9.17) is 0 Å². The third-order valence-electron chi connectivity index (χ3n) is 4.33. The third kappa shape index (κ3) is 3.66. The normalized spacial score (nSPS) is 24.0. The van der Waals surface area contributed by atoms with Crippen LogP contribution in [0.3, 0.4) is 0 Å². The van der Waals surface area contributed by atoms with E-state index in [0.717, 1.165) is 17.7 Å². The molecule has 1 aliphatic carbocycles. The molecule has 22 heavy (non-hydrogen) atoms. The minimum Gasteiger partial charge on any atom is -0.351 e. The quantitative estimate of drug-likeness (QED) is 0.852. The molecular weight excluding hydrogens is 318 g/mol. The van der Waals surface area contributed by atoms with E-state index < -0.39 is 9.84 Å². The molecule has 1 amide bonds. The summed E-state index contributed by atoms with van der Waals surface area (Å²) in [6.45, 7) is 1.87. The maximum atomic E-state index is 12.2. The third-order valence-corrected chi connectivity index (χ3v) is 7.19. The Morgan fingerprint density at radius 2 is 2.09 bits per heavy atom. The summed E-state index contributed by atoms with van der Waals surface area (Å²) in [6, 6.07) is 6.22. The lowest BCUT2D eigenvalue weighted by Crippen LogP contribution is -2.39. The molecule has 1 aromatic rings. The zero-order valence-corrected chi connectivity index (χ0v) is 14.3. The van der Waals surface area contributed by atoms with Gasteiger partial charge in [-0.15, -0.1) is 11.8 Å². The second-order valence-electron chi connectivity index (χ2n) is 6.15. The first-order valence-corrected chi connectivity index (χ1v) is 10.4. The van der Waals surface area contributed by atoms with Crippen molar-refractivity contribution in [2.45, 2.75) is 48.8 Å². The minimum atomic E-state index is -2.95. The molecule has 6 heteroatoms. The topological polar surface area (TPSA) is 63.2 Å². The highest BCUT2D eigenvalue weighted by atomic mass is 32.2. The van der Waals surface area contributed by atoms with Gasteiger partial charge in [0.05, 0.1) is 16.8 Å². The smallest absolute Gasteiger partial charge is 0.233 e. The zero-order valence-electron chi connectivity index (χ0n) is 12.7. The number of sulfone groups is 1. The molecule has 2 unspecified atom stereocenters. The summed E-state index contributed by atoms with van der Waals surface area (Å²) in [6.07, 6.45) is 4.04. The monoisotopic (exact) mass is 339 g/mol. The Bertz CT molecular complexity index is 685. The van der Waals surface area contributed by atoms with Gasteiger partial charge in [-0.25, -0.2) is 8.42 Å². The number of carbonyl (C=O) groups excluding carboxylic acids is 1. The van der Waals surface area contributed by atoms with E-state index in [1.165, 1.54) is 29.3 Å². The summed E-state index contributed by atoms with van der Waals surface area (Å²) in [5.74, 6) is 0.187. The second kappa shape index (κ2) is 6.24. The average Bonchev–Trinajstić information content (AvgIpc) is 3.04. The Kier molecular flexibility index (Phi) is 4.50. The van der Waals surface area contributed by atoms with Crippen molar-refractivity contribution in [3.8, 4) is 0 Å². The Morgan fingerprint density at radius 3 is 2.82 bits per heavy atom. The molecule has 4 nitrogen and oxygen atoms in total. The van der Waals surface area contributed by atoms with Gasteiger partial charge in [-0.3, -0.25) is 4.79 Å². The fourth-order valence-corrected chi connectivity index (χ4v) is 5.72. The van der Waals surface area contributed by atoms with Crippen molar-refractivity contribution in [2.24, 2.45) is 0 Å². The van der Waals surface area contributed by atoms with E-state index in [-0.39, 0.29) is 28.7 Å². The predicted molar refractivity (Wildman–Crippen MR) is 89.0 cm³/mol. The Hall–Kier alpha value is -1.01. The average molecular weight is 339 g/mol. The van der Waals surface area contributed by atoms with Crippen LogP contribution in [0.2, 0.25) is 0 Å². The number of hydrogen-bond donors (Lipinski definition) is 1. The largest absolute Gasteiger partial charge is 0.351 e. The molecule has 2 atom stereocenters. The zero-order chi connectivity index (χ0) is 15.7. The predicted octanol–water partition coefficient (Wildman–Crippen LogP) is 1.96. The van der Waals surface area contributed by atoms with E-state index >= 15 is 0 Å². The first kappa shape index (κ1) is 15.9. The van der Waals surface area contributed by atoms with Crippen LogP contribution in [0.5, 0.6) is 0 Å². The van der Waals surface area contributed by atoms with E-state index in [0.29, 0.717) is 6.42 Å². The lowest BCUT2D eigenvalue weighted by molar-refractivity contribution is -0.120. The summed E-state index contributed by atoms with van der Waals surface area (Å²) in [5, 5.41) is 2.65. The number of amides is 1. The molecule has 3 rings (SSSR count). The number of hydrogen-bond acceptors (Lipinski definition) is 4. The van der Waals surface area contributed by atoms with Crippen molar-refractivity contribution in [3.05, 3.63) is 29.3 Å². The van der Waals surface area contributed by atoms with Crippen LogP contribution >= 0.6 is 11.8 Å². The highest BCUT2D eigenvalue weighted by Gasteiger charge is 2.30.